The minimum absolute atomic E-state index is 0.0979. The molecule has 2 atom stereocenters. The van der Waals surface area contributed by atoms with Crippen LogP contribution in [0, 0.1) is 0 Å². The van der Waals surface area contributed by atoms with E-state index in [2.05, 4.69) is 20.0 Å². The molecule has 1 aromatic rings. The van der Waals surface area contributed by atoms with Crippen LogP contribution in [0.25, 0.3) is 0 Å². The van der Waals surface area contributed by atoms with Gasteiger partial charge >= 0.3 is 0 Å². The van der Waals surface area contributed by atoms with Gasteiger partial charge in [0.15, 0.2) is 5.82 Å². The Kier molecular flexibility index (Phi) is 5.08. The van der Waals surface area contributed by atoms with E-state index in [-0.39, 0.29) is 13.0 Å². The monoisotopic (exact) mass is 243 g/mol. The van der Waals surface area contributed by atoms with Crippen molar-refractivity contribution >= 4 is 5.71 Å². The fourth-order valence-corrected chi connectivity index (χ4v) is 1.35. The van der Waals surface area contributed by atoms with Crippen LogP contribution >= 0.6 is 0 Å². The maximum atomic E-state index is 9.74. The Labute approximate surface area is 98.8 Å². The molecule has 2 unspecified atom stereocenters. The highest BCUT2D eigenvalue weighted by atomic mass is 16.6. The topological polar surface area (TPSA) is 111 Å². The molecule has 0 bridgehead atoms. The Morgan fingerprint density at radius 3 is 2.88 bits per heavy atom. The molecule has 0 fully saturated rings. The maximum absolute atomic E-state index is 9.74. The van der Waals surface area contributed by atoms with Gasteiger partial charge in [0.2, 0.25) is 0 Å². The van der Waals surface area contributed by atoms with Gasteiger partial charge in [0.25, 0.3) is 0 Å². The molecule has 7 nitrogen and oxygen atoms in total. The summed E-state index contributed by atoms with van der Waals surface area (Å²) in [6.45, 7) is 1.51. The Morgan fingerprint density at radius 2 is 2.29 bits per heavy atom. The average molecular weight is 243 g/mol. The molecule has 1 heterocycles. The molecule has 0 spiro atoms. The summed E-state index contributed by atoms with van der Waals surface area (Å²) in [4.78, 5) is 11.4. The van der Waals surface area contributed by atoms with Gasteiger partial charge < -0.3 is 25.1 Å². The molecular weight excluding hydrogens is 226 g/mol. The summed E-state index contributed by atoms with van der Waals surface area (Å²) in [6, 6.07) is 0. The lowest BCUT2D eigenvalue weighted by Gasteiger charge is -2.14. The van der Waals surface area contributed by atoms with Crippen LogP contribution in [0.3, 0.4) is 0 Å². The van der Waals surface area contributed by atoms with Gasteiger partial charge in [0.05, 0.1) is 18.0 Å². The van der Waals surface area contributed by atoms with Crippen molar-refractivity contribution < 1.29 is 20.2 Å². The number of aromatic nitrogens is 2. The van der Waals surface area contributed by atoms with Crippen molar-refractivity contribution in [1.29, 1.82) is 0 Å². The Hall–Kier alpha value is -1.44. The highest BCUT2D eigenvalue weighted by Crippen LogP contribution is 2.17. The van der Waals surface area contributed by atoms with Gasteiger partial charge in [-0.3, -0.25) is 0 Å². The minimum Gasteiger partial charge on any atom is -0.399 e. The molecule has 0 aliphatic carbocycles. The number of aliphatic hydroxyl groups excluding tert-OH is 3. The minimum atomic E-state index is -1.11. The van der Waals surface area contributed by atoms with Crippen LogP contribution in [0.4, 0.5) is 0 Å². The number of imidazole rings is 1. The molecule has 7 heteroatoms. The molecule has 0 saturated heterocycles. The molecule has 17 heavy (non-hydrogen) atoms. The van der Waals surface area contributed by atoms with Gasteiger partial charge in [0, 0.05) is 6.61 Å². The van der Waals surface area contributed by atoms with Crippen molar-refractivity contribution in [2.24, 2.45) is 5.16 Å². The molecule has 1 aromatic heterocycles. The molecule has 0 amide bonds. The lowest BCUT2D eigenvalue weighted by Crippen LogP contribution is -2.19. The number of hydrogen-bond acceptors (Lipinski definition) is 6. The van der Waals surface area contributed by atoms with E-state index >= 15 is 0 Å². The lowest BCUT2D eigenvalue weighted by atomic mass is 10.1. The lowest BCUT2D eigenvalue weighted by molar-refractivity contribution is 0.00212. The highest BCUT2D eigenvalue weighted by Gasteiger charge is 2.20. The summed E-state index contributed by atoms with van der Waals surface area (Å²) in [5, 5.41) is 31.6. The number of rotatable bonds is 6. The Morgan fingerprint density at radius 1 is 1.59 bits per heavy atom. The van der Waals surface area contributed by atoms with Gasteiger partial charge in [-0.15, -0.1) is 0 Å². The molecule has 1 rings (SSSR count). The quantitative estimate of drug-likeness (QED) is 0.400. The molecule has 96 valence electrons. The van der Waals surface area contributed by atoms with E-state index in [9.17, 15) is 10.2 Å². The van der Waals surface area contributed by atoms with Gasteiger partial charge in [-0.05, 0) is 13.3 Å². The van der Waals surface area contributed by atoms with E-state index in [0.29, 0.717) is 17.2 Å². The molecule has 0 aliphatic rings. The maximum Gasteiger partial charge on any atom is 0.155 e. The van der Waals surface area contributed by atoms with Crippen molar-refractivity contribution in [2.45, 2.75) is 25.6 Å². The predicted octanol–water partition coefficient (Wildman–Crippen LogP) is -0.443. The largest absolute Gasteiger partial charge is 0.399 e. The van der Waals surface area contributed by atoms with Crippen LogP contribution in [0.2, 0.25) is 0 Å². The first kappa shape index (κ1) is 13.6. The van der Waals surface area contributed by atoms with Crippen LogP contribution < -0.4 is 0 Å². The molecule has 0 radical (unpaired) electrons. The van der Waals surface area contributed by atoms with Crippen LogP contribution in [0.5, 0.6) is 0 Å². The standard InChI is InChI=1S/C10H17N3O4/c1-6(13-17-2)10-11-5-7(12-10)9(16)8(15)3-4-14/h5,8-9,14-16H,3-4H2,1-2H3,(H,11,12)/b13-6-. The predicted molar refractivity (Wildman–Crippen MR) is 60.5 cm³/mol. The van der Waals surface area contributed by atoms with Crippen molar-refractivity contribution in [2.75, 3.05) is 13.7 Å². The van der Waals surface area contributed by atoms with Crippen molar-refractivity contribution in [3.05, 3.63) is 17.7 Å². The second-order valence-electron chi connectivity index (χ2n) is 3.57. The molecule has 0 aromatic carbocycles. The van der Waals surface area contributed by atoms with E-state index in [4.69, 9.17) is 5.11 Å². The summed E-state index contributed by atoms with van der Waals surface area (Å²) in [5.41, 5.74) is 0.897. The Bertz CT molecular complexity index is 377. The first-order chi connectivity index (χ1) is 8.10. The zero-order valence-electron chi connectivity index (χ0n) is 9.79. The third-order valence-electron chi connectivity index (χ3n) is 2.27. The first-order valence-electron chi connectivity index (χ1n) is 5.20. The van der Waals surface area contributed by atoms with Crippen molar-refractivity contribution in [3.8, 4) is 0 Å². The average Bonchev–Trinajstić information content (AvgIpc) is 2.78. The summed E-state index contributed by atoms with van der Waals surface area (Å²) < 4.78 is 0. The number of nitrogens with one attached hydrogen (secondary N) is 1. The number of aromatic amines is 1. The van der Waals surface area contributed by atoms with E-state index < -0.39 is 12.2 Å². The van der Waals surface area contributed by atoms with Crippen molar-refractivity contribution in [3.63, 3.8) is 0 Å². The molecular formula is C10H17N3O4. The van der Waals surface area contributed by atoms with E-state index in [1.54, 1.807) is 6.92 Å². The molecule has 0 saturated carbocycles. The van der Waals surface area contributed by atoms with Crippen LogP contribution in [0.15, 0.2) is 11.4 Å². The van der Waals surface area contributed by atoms with Crippen molar-refractivity contribution in [1.82, 2.24) is 9.97 Å². The zero-order valence-corrected chi connectivity index (χ0v) is 9.79. The summed E-state index contributed by atoms with van der Waals surface area (Å²) >= 11 is 0. The smallest absolute Gasteiger partial charge is 0.155 e. The van der Waals surface area contributed by atoms with E-state index in [1.165, 1.54) is 13.3 Å². The van der Waals surface area contributed by atoms with Crippen LogP contribution in [-0.4, -0.2) is 50.8 Å². The highest BCUT2D eigenvalue weighted by molar-refractivity contribution is 5.94. The first-order valence-corrected chi connectivity index (χ1v) is 5.20. The third kappa shape index (κ3) is 3.52. The fraction of sp³-hybridized carbons (Fsp3) is 0.600. The fourth-order valence-electron chi connectivity index (χ4n) is 1.35. The SMILES string of the molecule is CO/N=C(/C)c1ncc(C(O)C(O)CCO)[nH]1. The van der Waals surface area contributed by atoms with E-state index in [0.717, 1.165) is 0 Å². The Balaban J connectivity index is 2.77. The van der Waals surface area contributed by atoms with Gasteiger partial charge in [-0.25, -0.2) is 4.98 Å². The summed E-state index contributed by atoms with van der Waals surface area (Å²) in [6.07, 6.45) is -0.637. The number of oxime groups is 1. The normalized spacial score (nSPS) is 15.7. The summed E-state index contributed by atoms with van der Waals surface area (Å²) in [7, 11) is 1.42. The van der Waals surface area contributed by atoms with Crippen LogP contribution in [0.1, 0.15) is 31.0 Å². The zero-order chi connectivity index (χ0) is 12.8. The van der Waals surface area contributed by atoms with Gasteiger partial charge in [-0.2, -0.15) is 0 Å². The van der Waals surface area contributed by atoms with Gasteiger partial charge in [-0.1, -0.05) is 5.16 Å². The number of aliphatic hydroxyl groups is 3. The second-order valence-corrected chi connectivity index (χ2v) is 3.57. The molecule has 0 aliphatic heterocycles. The number of nitrogens with zero attached hydrogens (tertiary/aromatic N) is 2. The second kappa shape index (κ2) is 6.33. The van der Waals surface area contributed by atoms with E-state index in [1.807, 2.05) is 0 Å². The number of H-pyrrole nitrogens is 1. The van der Waals surface area contributed by atoms with Gasteiger partial charge in [0.1, 0.15) is 18.9 Å². The van der Waals surface area contributed by atoms with Crippen LogP contribution in [-0.2, 0) is 4.84 Å². The summed E-state index contributed by atoms with van der Waals surface area (Å²) in [5.74, 6) is 0.456. The molecule has 4 N–H and O–H groups in total. The third-order valence-corrected chi connectivity index (χ3v) is 2.27. The number of hydrogen-bond donors (Lipinski definition) is 4.